The minimum absolute atomic E-state index is 0.0516. The van der Waals surface area contributed by atoms with E-state index in [-0.39, 0.29) is 11.3 Å². The molecule has 0 radical (unpaired) electrons. The number of rotatable bonds is 6. The molecule has 0 saturated heterocycles. The SMILES string of the molecule is COC(=O)C1(C(=O)NCC(C)(C)CC(C)C)CC1. The normalized spacial score (nSPS) is 17.4. The molecule has 0 bridgehead atoms. The van der Waals surface area contributed by atoms with E-state index < -0.39 is 11.4 Å². The van der Waals surface area contributed by atoms with Gasteiger partial charge >= 0.3 is 5.97 Å². The maximum atomic E-state index is 12.0. The molecule has 0 aromatic carbocycles. The monoisotopic (exact) mass is 255 g/mol. The molecule has 4 heteroatoms. The Balaban J connectivity index is 2.49. The van der Waals surface area contributed by atoms with Gasteiger partial charge in [-0.15, -0.1) is 0 Å². The average Bonchev–Trinajstić information content (AvgIpc) is 3.04. The second-order valence-electron chi connectivity index (χ2n) is 6.52. The van der Waals surface area contributed by atoms with Gasteiger partial charge in [0, 0.05) is 6.54 Å². The number of amides is 1. The largest absolute Gasteiger partial charge is 0.468 e. The molecule has 1 N–H and O–H groups in total. The van der Waals surface area contributed by atoms with Crippen molar-refractivity contribution in [2.45, 2.75) is 47.0 Å². The maximum Gasteiger partial charge on any atom is 0.321 e. The van der Waals surface area contributed by atoms with Gasteiger partial charge in [0.15, 0.2) is 0 Å². The first kappa shape index (κ1) is 15.0. The van der Waals surface area contributed by atoms with Crippen molar-refractivity contribution in [1.82, 2.24) is 5.32 Å². The summed E-state index contributed by atoms with van der Waals surface area (Å²) in [6.07, 6.45) is 2.25. The van der Waals surface area contributed by atoms with E-state index in [9.17, 15) is 9.59 Å². The van der Waals surface area contributed by atoms with Crippen LogP contribution >= 0.6 is 0 Å². The van der Waals surface area contributed by atoms with Gasteiger partial charge in [-0.05, 0) is 30.6 Å². The standard InChI is InChI=1S/C14H25NO3/c1-10(2)8-13(3,4)9-15-11(16)14(6-7-14)12(17)18-5/h10H,6-9H2,1-5H3,(H,15,16). The Bertz CT molecular complexity index is 330. The Hall–Kier alpha value is -1.06. The topological polar surface area (TPSA) is 55.4 Å². The summed E-state index contributed by atoms with van der Waals surface area (Å²) in [7, 11) is 1.33. The van der Waals surface area contributed by atoms with Crippen LogP contribution in [0.4, 0.5) is 0 Å². The summed E-state index contributed by atoms with van der Waals surface area (Å²) in [5, 5.41) is 2.91. The van der Waals surface area contributed by atoms with E-state index in [4.69, 9.17) is 4.74 Å². The zero-order chi connectivity index (χ0) is 14.0. The number of esters is 1. The lowest BCUT2D eigenvalue weighted by atomic mass is 9.84. The van der Waals surface area contributed by atoms with Gasteiger partial charge in [0.2, 0.25) is 5.91 Å². The summed E-state index contributed by atoms with van der Waals surface area (Å²) in [4.78, 5) is 23.6. The maximum absolute atomic E-state index is 12.0. The van der Waals surface area contributed by atoms with Gasteiger partial charge in [-0.25, -0.2) is 0 Å². The Labute approximate surface area is 109 Å². The molecule has 1 amide bonds. The third kappa shape index (κ3) is 3.47. The minimum atomic E-state index is -0.886. The molecule has 0 unspecified atom stereocenters. The lowest BCUT2D eigenvalue weighted by molar-refractivity contribution is -0.152. The first-order chi connectivity index (χ1) is 8.23. The second kappa shape index (κ2) is 5.29. The Morgan fingerprint density at radius 2 is 1.89 bits per heavy atom. The first-order valence-corrected chi connectivity index (χ1v) is 6.60. The molecule has 0 aliphatic heterocycles. The number of hydrogen-bond donors (Lipinski definition) is 1. The summed E-state index contributed by atoms with van der Waals surface area (Å²) >= 11 is 0. The highest BCUT2D eigenvalue weighted by atomic mass is 16.5. The summed E-state index contributed by atoms with van der Waals surface area (Å²) in [6.45, 7) is 9.19. The fourth-order valence-electron chi connectivity index (χ4n) is 2.51. The van der Waals surface area contributed by atoms with Gasteiger partial charge in [0.05, 0.1) is 7.11 Å². The van der Waals surface area contributed by atoms with E-state index in [1.165, 1.54) is 7.11 Å². The quantitative estimate of drug-likeness (QED) is 0.584. The smallest absolute Gasteiger partial charge is 0.321 e. The molecule has 18 heavy (non-hydrogen) atoms. The van der Waals surface area contributed by atoms with Crippen molar-refractivity contribution in [1.29, 1.82) is 0 Å². The number of nitrogens with one attached hydrogen (secondary N) is 1. The van der Waals surface area contributed by atoms with Crippen LogP contribution in [0.3, 0.4) is 0 Å². The Morgan fingerprint density at radius 1 is 1.33 bits per heavy atom. The van der Waals surface area contributed by atoms with Crippen molar-refractivity contribution in [3.05, 3.63) is 0 Å². The molecule has 0 spiro atoms. The van der Waals surface area contributed by atoms with Crippen LogP contribution in [0.5, 0.6) is 0 Å². The highest BCUT2D eigenvalue weighted by Gasteiger charge is 2.57. The van der Waals surface area contributed by atoms with E-state index in [0.717, 1.165) is 6.42 Å². The highest BCUT2D eigenvalue weighted by Crippen LogP contribution is 2.47. The van der Waals surface area contributed by atoms with Gasteiger partial charge in [-0.1, -0.05) is 27.7 Å². The van der Waals surface area contributed by atoms with Crippen LogP contribution in [0.25, 0.3) is 0 Å². The van der Waals surface area contributed by atoms with Crippen LogP contribution in [0.2, 0.25) is 0 Å². The number of carbonyl (C=O) groups is 2. The van der Waals surface area contributed by atoms with Crippen LogP contribution in [-0.2, 0) is 14.3 Å². The van der Waals surface area contributed by atoms with Crippen LogP contribution in [0, 0.1) is 16.7 Å². The van der Waals surface area contributed by atoms with Crippen molar-refractivity contribution in [2.24, 2.45) is 16.7 Å². The molecule has 0 heterocycles. The number of hydrogen-bond acceptors (Lipinski definition) is 3. The molecule has 0 aromatic rings. The van der Waals surface area contributed by atoms with Gasteiger partial charge in [0.1, 0.15) is 5.41 Å². The van der Waals surface area contributed by atoms with Crippen LogP contribution < -0.4 is 5.32 Å². The molecule has 1 fully saturated rings. The molecular weight excluding hydrogens is 230 g/mol. The Morgan fingerprint density at radius 3 is 2.28 bits per heavy atom. The zero-order valence-electron chi connectivity index (χ0n) is 12.1. The molecule has 0 atom stereocenters. The van der Waals surface area contributed by atoms with Gasteiger partial charge in [-0.2, -0.15) is 0 Å². The van der Waals surface area contributed by atoms with E-state index in [1.807, 2.05) is 0 Å². The first-order valence-electron chi connectivity index (χ1n) is 6.60. The van der Waals surface area contributed by atoms with Crippen LogP contribution in [-0.4, -0.2) is 25.5 Å². The van der Waals surface area contributed by atoms with Crippen molar-refractivity contribution < 1.29 is 14.3 Å². The fourth-order valence-corrected chi connectivity index (χ4v) is 2.51. The van der Waals surface area contributed by atoms with E-state index in [0.29, 0.717) is 25.3 Å². The molecule has 1 aliphatic carbocycles. The molecule has 104 valence electrons. The average molecular weight is 255 g/mol. The van der Waals surface area contributed by atoms with Crippen molar-refractivity contribution in [3.8, 4) is 0 Å². The van der Waals surface area contributed by atoms with Crippen molar-refractivity contribution in [3.63, 3.8) is 0 Å². The molecule has 0 aromatic heterocycles. The minimum Gasteiger partial charge on any atom is -0.468 e. The summed E-state index contributed by atoms with van der Waals surface area (Å²) in [5.41, 5.74) is -0.835. The summed E-state index contributed by atoms with van der Waals surface area (Å²) < 4.78 is 4.70. The summed E-state index contributed by atoms with van der Waals surface area (Å²) in [5.74, 6) is 0.0141. The van der Waals surface area contributed by atoms with Gasteiger partial charge in [0.25, 0.3) is 0 Å². The van der Waals surface area contributed by atoms with E-state index in [2.05, 4.69) is 33.0 Å². The lowest BCUT2D eigenvalue weighted by Gasteiger charge is -2.27. The third-order valence-corrected chi connectivity index (χ3v) is 3.45. The number of methoxy groups -OCH3 is 1. The highest BCUT2D eigenvalue weighted by molar-refractivity contribution is 6.05. The molecule has 1 saturated carbocycles. The lowest BCUT2D eigenvalue weighted by Crippen LogP contribution is -2.42. The summed E-state index contributed by atoms with van der Waals surface area (Å²) in [6, 6.07) is 0. The number of ether oxygens (including phenoxy) is 1. The molecular formula is C14H25NO3. The van der Waals surface area contributed by atoms with Crippen molar-refractivity contribution >= 4 is 11.9 Å². The molecule has 1 aliphatic rings. The Kier molecular flexibility index (Phi) is 4.41. The molecule has 1 rings (SSSR count). The van der Waals surface area contributed by atoms with E-state index in [1.54, 1.807) is 0 Å². The van der Waals surface area contributed by atoms with Crippen LogP contribution in [0.1, 0.15) is 47.0 Å². The fraction of sp³-hybridized carbons (Fsp3) is 0.857. The van der Waals surface area contributed by atoms with Gasteiger partial charge < -0.3 is 10.1 Å². The van der Waals surface area contributed by atoms with Gasteiger partial charge in [-0.3, -0.25) is 9.59 Å². The van der Waals surface area contributed by atoms with Crippen molar-refractivity contribution in [2.75, 3.05) is 13.7 Å². The van der Waals surface area contributed by atoms with E-state index >= 15 is 0 Å². The predicted molar refractivity (Wildman–Crippen MR) is 69.9 cm³/mol. The molecule has 4 nitrogen and oxygen atoms in total. The predicted octanol–water partition coefficient (Wildman–Crippen LogP) is 2.13. The zero-order valence-corrected chi connectivity index (χ0v) is 12.1. The second-order valence-corrected chi connectivity index (χ2v) is 6.52. The number of carbonyl (C=O) groups excluding carboxylic acids is 2. The van der Waals surface area contributed by atoms with Crippen LogP contribution in [0.15, 0.2) is 0 Å². The third-order valence-electron chi connectivity index (χ3n) is 3.45.